The molecular formula is C29H48N2O11. The minimum absolute atomic E-state index is 0.0115. The number of alkyl carbamates (subject to hydrolysis) is 1. The zero-order chi connectivity index (χ0) is 29.9. The number of rotatable bonds is 25. The number of hydrogen-bond acceptors (Lipinski definition) is 11. The molecule has 1 N–H and O–H groups in total. The number of nitrogens with one attached hydrogen (secondary N) is 1. The lowest BCUT2D eigenvalue weighted by Crippen LogP contribution is -2.33. The molecule has 1 atom stereocenters. The number of carbonyl (C=O) groups is 3. The van der Waals surface area contributed by atoms with Gasteiger partial charge in [0.2, 0.25) is 0 Å². The Hall–Kier alpha value is -2.39. The van der Waals surface area contributed by atoms with Gasteiger partial charge in [0.05, 0.1) is 99.0 Å². The first-order valence-electron chi connectivity index (χ1n) is 14.8. The molecule has 0 bridgehead atoms. The second-order valence-corrected chi connectivity index (χ2v) is 9.38. The van der Waals surface area contributed by atoms with Crippen LogP contribution < -0.4 is 5.32 Å². The van der Waals surface area contributed by atoms with Crippen molar-refractivity contribution >= 4 is 17.9 Å². The Labute approximate surface area is 248 Å². The Morgan fingerprint density at radius 3 is 1.62 bits per heavy atom. The second-order valence-electron chi connectivity index (χ2n) is 9.38. The molecule has 2 aliphatic rings. The van der Waals surface area contributed by atoms with Gasteiger partial charge in [-0.2, -0.15) is 0 Å². The predicted octanol–water partition coefficient (Wildman–Crippen LogP) is 1.64. The van der Waals surface area contributed by atoms with Crippen molar-refractivity contribution in [2.75, 3.05) is 106 Å². The highest BCUT2D eigenvalue weighted by molar-refractivity contribution is 6.12. The van der Waals surface area contributed by atoms with Crippen molar-refractivity contribution in [3.05, 3.63) is 24.3 Å². The Balaban J connectivity index is 1.20. The minimum Gasteiger partial charge on any atom is -0.446 e. The number of ether oxygens (including phenoxy) is 8. The first-order chi connectivity index (χ1) is 20.7. The van der Waals surface area contributed by atoms with Gasteiger partial charge in [-0.3, -0.25) is 14.5 Å². The van der Waals surface area contributed by atoms with Crippen molar-refractivity contribution in [2.24, 2.45) is 0 Å². The third-order valence-corrected chi connectivity index (χ3v) is 6.10. The molecule has 1 aliphatic heterocycles. The summed E-state index contributed by atoms with van der Waals surface area (Å²) in [6.45, 7) is 6.69. The molecule has 0 spiro atoms. The monoisotopic (exact) mass is 600 g/mol. The van der Waals surface area contributed by atoms with Crippen LogP contribution in [-0.4, -0.2) is 134 Å². The van der Waals surface area contributed by atoms with Gasteiger partial charge < -0.3 is 43.2 Å². The number of amides is 3. The first-order valence-corrected chi connectivity index (χ1v) is 14.8. The summed E-state index contributed by atoms with van der Waals surface area (Å²) in [6.07, 6.45) is 11.3. The summed E-state index contributed by atoms with van der Waals surface area (Å²) in [5.74, 6) is -0.616. The molecule has 0 aromatic rings. The topological polar surface area (TPSA) is 140 Å². The van der Waals surface area contributed by atoms with Crippen LogP contribution in [0.25, 0.3) is 0 Å². The van der Waals surface area contributed by atoms with E-state index in [9.17, 15) is 14.4 Å². The van der Waals surface area contributed by atoms with E-state index in [1.165, 1.54) is 12.2 Å². The molecule has 13 nitrogen and oxygen atoms in total. The van der Waals surface area contributed by atoms with Gasteiger partial charge in [0.1, 0.15) is 6.10 Å². The molecule has 2 rings (SSSR count). The Morgan fingerprint density at radius 2 is 1.10 bits per heavy atom. The lowest BCUT2D eigenvalue weighted by molar-refractivity contribution is -0.137. The molecule has 0 aromatic heterocycles. The van der Waals surface area contributed by atoms with Gasteiger partial charge in [0, 0.05) is 18.7 Å². The predicted molar refractivity (Wildman–Crippen MR) is 152 cm³/mol. The standard InChI is InChI=1S/C29H48N2O11/c32-27-8-9-28(33)31(27)11-13-36-15-17-38-19-21-40-23-25-41-24-22-39-20-18-37-16-14-35-12-10-30-29(34)42-26-6-4-2-1-3-5-7-26/h1-2,8-9,26H,3-7,10-25H2,(H,30,34)/b2-1+. The van der Waals surface area contributed by atoms with Gasteiger partial charge >= 0.3 is 6.09 Å². The summed E-state index contributed by atoms with van der Waals surface area (Å²) in [4.78, 5) is 35.8. The third-order valence-electron chi connectivity index (χ3n) is 6.10. The molecule has 42 heavy (non-hydrogen) atoms. The highest BCUT2D eigenvalue weighted by atomic mass is 16.6. The highest BCUT2D eigenvalue weighted by Gasteiger charge is 2.22. The molecule has 0 saturated carbocycles. The summed E-state index contributed by atoms with van der Waals surface area (Å²) < 4.78 is 43.5. The molecule has 0 fully saturated rings. The molecule has 1 unspecified atom stereocenters. The van der Waals surface area contributed by atoms with E-state index in [0.29, 0.717) is 92.4 Å². The second kappa shape index (κ2) is 25.1. The average molecular weight is 601 g/mol. The van der Waals surface area contributed by atoms with Gasteiger partial charge in [-0.05, 0) is 32.1 Å². The molecule has 1 heterocycles. The maximum Gasteiger partial charge on any atom is 0.407 e. The van der Waals surface area contributed by atoms with Crippen LogP contribution in [0, 0.1) is 0 Å². The van der Waals surface area contributed by atoms with Crippen molar-refractivity contribution < 1.29 is 52.3 Å². The van der Waals surface area contributed by atoms with Gasteiger partial charge in [-0.15, -0.1) is 0 Å². The summed E-state index contributed by atoms with van der Waals surface area (Å²) in [5, 5.41) is 2.73. The number of imide groups is 1. The van der Waals surface area contributed by atoms with E-state index in [4.69, 9.17) is 37.9 Å². The first kappa shape index (κ1) is 35.8. The fourth-order valence-corrected chi connectivity index (χ4v) is 3.89. The van der Waals surface area contributed by atoms with Crippen LogP contribution >= 0.6 is 0 Å². The van der Waals surface area contributed by atoms with Crippen LogP contribution in [0.4, 0.5) is 4.79 Å². The van der Waals surface area contributed by atoms with Crippen molar-refractivity contribution in [2.45, 2.75) is 38.2 Å². The molecule has 0 aromatic carbocycles. The maximum absolute atomic E-state index is 11.9. The van der Waals surface area contributed by atoms with Crippen molar-refractivity contribution in [1.29, 1.82) is 0 Å². The van der Waals surface area contributed by atoms with E-state index in [2.05, 4.69) is 17.5 Å². The Bertz CT molecular complexity index is 776. The van der Waals surface area contributed by atoms with Crippen LogP contribution in [0.15, 0.2) is 24.3 Å². The van der Waals surface area contributed by atoms with Crippen LogP contribution in [0.1, 0.15) is 32.1 Å². The van der Waals surface area contributed by atoms with E-state index >= 15 is 0 Å². The summed E-state index contributed by atoms with van der Waals surface area (Å²) in [6, 6.07) is 0. The molecule has 13 heteroatoms. The molecule has 240 valence electrons. The molecule has 3 amide bonds. The van der Waals surface area contributed by atoms with Crippen LogP contribution in [0.3, 0.4) is 0 Å². The Kier molecular flexibility index (Phi) is 21.4. The zero-order valence-electron chi connectivity index (χ0n) is 24.7. The molecular weight excluding hydrogens is 552 g/mol. The fraction of sp³-hybridized carbons (Fsp3) is 0.759. The molecule has 0 radical (unpaired) electrons. The maximum atomic E-state index is 11.9. The van der Waals surface area contributed by atoms with Crippen molar-refractivity contribution in [3.8, 4) is 0 Å². The number of nitrogens with zero attached hydrogens (tertiary/aromatic N) is 1. The normalized spacial score (nSPS) is 17.8. The lowest BCUT2D eigenvalue weighted by atomic mass is 10.0. The van der Waals surface area contributed by atoms with Crippen LogP contribution in [0.5, 0.6) is 0 Å². The summed E-state index contributed by atoms with van der Waals surface area (Å²) in [7, 11) is 0. The van der Waals surface area contributed by atoms with Crippen molar-refractivity contribution in [1.82, 2.24) is 10.2 Å². The highest BCUT2D eigenvalue weighted by Crippen LogP contribution is 2.15. The number of allylic oxidation sites excluding steroid dienone is 2. The number of hydrogen-bond donors (Lipinski definition) is 1. The molecule has 0 saturated heterocycles. The van der Waals surface area contributed by atoms with E-state index < -0.39 is 0 Å². The SMILES string of the molecule is O=C(NCCOCCOCCOCCOCCOCCOCCOCCN1C(=O)C=CC1=O)OC1CC/C=C/CCC1. The number of carbonyl (C=O) groups excluding carboxylic acids is 3. The van der Waals surface area contributed by atoms with Gasteiger partial charge in [-0.25, -0.2) is 4.79 Å². The zero-order valence-corrected chi connectivity index (χ0v) is 24.7. The van der Waals surface area contributed by atoms with Gasteiger partial charge in [0.25, 0.3) is 11.8 Å². The Morgan fingerprint density at radius 1 is 0.643 bits per heavy atom. The van der Waals surface area contributed by atoms with Gasteiger partial charge in [0.15, 0.2) is 0 Å². The third kappa shape index (κ3) is 18.9. The fourth-order valence-electron chi connectivity index (χ4n) is 3.89. The average Bonchev–Trinajstić information content (AvgIpc) is 3.29. The van der Waals surface area contributed by atoms with Crippen molar-refractivity contribution in [3.63, 3.8) is 0 Å². The lowest BCUT2D eigenvalue weighted by Gasteiger charge is -2.18. The summed E-state index contributed by atoms with van der Waals surface area (Å²) in [5.41, 5.74) is 0. The van der Waals surface area contributed by atoms with E-state index in [0.717, 1.165) is 37.0 Å². The smallest absolute Gasteiger partial charge is 0.407 e. The quantitative estimate of drug-likeness (QED) is 0.0929. The molecule has 1 aliphatic carbocycles. The van der Waals surface area contributed by atoms with E-state index in [1.807, 2.05) is 0 Å². The van der Waals surface area contributed by atoms with E-state index in [1.54, 1.807) is 0 Å². The minimum atomic E-state index is -0.383. The van der Waals surface area contributed by atoms with Crippen LogP contribution in [-0.2, 0) is 47.5 Å². The van der Waals surface area contributed by atoms with E-state index in [-0.39, 0.29) is 37.2 Å². The van der Waals surface area contributed by atoms with Gasteiger partial charge in [-0.1, -0.05) is 12.2 Å². The van der Waals surface area contributed by atoms with Crippen LogP contribution in [0.2, 0.25) is 0 Å². The largest absolute Gasteiger partial charge is 0.446 e. The summed E-state index contributed by atoms with van der Waals surface area (Å²) >= 11 is 0.